The Morgan fingerprint density at radius 3 is 2.43 bits per heavy atom. The zero-order valence-electron chi connectivity index (χ0n) is 12.8. The van der Waals surface area contributed by atoms with Crippen molar-refractivity contribution in [3.8, 4) is 5.75 Å². The van der Waals surface area contributed by atoms with E-state index in [2.05, 4.69) is 47.0 Å². The quantitative estimate of drug-likeness (QED) is 0.782. The molecule has 1 aliphatic rings. The molecular formula is C17H21Cl2N3O. The maximum absolute atomic E-state index is 5.85. The van der Waals surface area contributed by atoms with Crippen LogP contribution in [-0.2, 0) is 13.1 Å². The molecule has 0 spiro atoms. The summed E-state index contributed by atoms with van der Waals surface area (Å²) in [4.78, 5) is 0. The molecule has 0 amide bonds. The van der Waals surface area contributed by atoms with Crippen molar-refractivity contribution in [1.82, 2.24) is 5.32 Å². The maximum atomic E-state index is 5.85. The average molecular weight is 354 g/mol. The fourth-order valence-electron chi connectivity index (χ4n) is 2.27. The Hall–Kier alpha value is -1.88. The predicted molar refractivity (Wildman–Crippen MR) is 99.1 cm³/mol. The largest absolute Gasteiger partial charge is 0.456 e. The molecule has 4 nitrogen and oxygen atoms in total. The first-order chi connectivity index (χ1) is 10.2. The molecule has 3 rings (SSSR count). The lowest BCUT2D eigenvalue weighted by Gasteiger charge is -2.21. The molecule has 124 valence electrons. The molecule has 6 heteroatoms. The normalized spacial score (nSPS) is 12.2. The van der Waals surface area contributed by atoms with Gasteiger partial charge in [-0.3, -0.25) is 0 Å². The lowest BCUT2D eigenvalue weighted by Crippen LogP contribution is -2.19. The fourth-order valence-corrected chi connectivity index (χ4v) is 2.27. The summed E-state index contributed by atoms with van der Waals surface area (Å²) in [5.74, 6) is 2.09. The maximum Gasteiger partial charge on any atom is 0.150 e. The van der Waals surface area contributed by atoms with Crippen molar-refractivity contribution in [1.29, 1.82) is 0 Å². The summed E-state index contributed by atoms with van der Waals surface area (Å²) in [6, 6.07) is 16.5. The van der Waals surface area contributed by atoms with Crippen LogP contribution in [0.1, 0.15) is 18.1 Å². The minimum Gasteiger partial charge on any atom is -0.456 e. The molecule has 2 aromatic rings. The van der Waals surface area contributed by atoms with E-state index < -0.39 is 0 Å². The molecule has 0 atom stereocenters. The average Bonchev–Trinajstić information content (AvgIpc) is 2.50. The van der Waals surface area contributed by atoms with Crippen LogP contribution in [0.15, 0.2) is 60.1 Å². The Labute approximate surface area is 148 Å². The monoisotopic (exact) mass is 353 g/mol. The molecule has 2 aromatic carbocycles. The van der Waals surface area contributed by atoms with E-state index in [4.69, 9.17) is 10.5 Å². The number of benzene rings is 2. The van der Waals surface area contributed by atoms with Crippen molar-refractivity contribution in [3.63, 3.8) is 0 Å². The van der Waals surface area contributed by atoms with Gasteiger partial charge in [0.2, 0.25) is 0 Å². The van der Waals surface area contributed by atoms with Crippen LogP contribution in [0.5, 0.6) is 5.75 Å². The Kier molecular flexibility index (Phi) is 7.23. The summed E-state index contributed by atoms with van der Waals surface area (Å²) in [7, 11) is 0. The van der Waals surface area contributed by atoms with Crippen LogP contribution in [-0.4, -0.2) is 0 Å². The first kappa shape index (κ1) is 19.2. The van der Waals surface area contributed by atoms with Crippen molar-refractivity contribution < 1.29 is 4.74 Å². The number of fused-ring (bicyclic) bond motifs is 1. The predicted octanol–water partition coefficient (Wildman–Crippen LogP) is 3.77. The van der Waals surface area contributed by atoms with Crippen molar-refractivity contribution >= 4 is 30.5 Å². The van der Waals surface area contributed by atoms with E-state index >= 15 is 0 Å². The highest BCUT2D eigenvalue weighted by Gasteiger charge is 2.14. The second kappa shape index (κ2) is 8.67. The smallest absolute Gasteiger partial charge is 0.150 e. The zero-order valence-corrected chi connectivity index (χ0v) is 14.5. The SMILES string of the molecule is CC1=C(N)Nc2cc(CNCc3ccccc3)ccc2O1.Cl.Cl. The van der Waals surface area contributed by atoms with Crippen molar-refractivity contribution in [3.05, 3.63) is 71.2 Å². The number of allylic oxidation sites excluding steroid dienone is 1. The number of hydrogen-bond acceptors (Lipinski definition) is 4. The topological polar surface area (TPSA) is 59.3 Å². The van der Waals surface area contributed by atoms with Crippen LogP contribution < -0.4 is 21.1 Å². The van der Waals surface area contributed by atoms with E-state index in [-0.39, 0.29) is 24.8 Å². The fraction of sp³-hybridized carbons (Fsp3) is 0.176. The molecule has 0 saturated heterocycles. The van der Waals surface area contributed by atoms with Gasteiger partial charge in [-0.25, -0.2) is 0 Å². The van der Waals surface area contributed by atoms with Gasteiger partial charge in [-0.15, -0.1) is 24.8 Å². The third kappa shape index (κ3) is 4.79. The molecule has 0 fully saturated rings. The standard InChI is InChI=1S/C17H19N3O.2ClH/c1-12-17(18)20-15-9-14(7-8-16(15)21-12)11-19-10-13-5-3-2-4-6-13;;/h2-9,19-20H,10-11,18H2,1H3;2*1H. The van der Waals surface area contributed by atoms with E-state index in [1.54, 1.807) is 0 Å². The van der Waals surface area contributed by atoms with Crippen LogP contribution in [0, 0.1) is 0 Å². The molecular weight excluding hydrogens is 333 g/mol. The third-order valence-corrected chi connectivity index (χ3v) is 3.46. The van der Waals surface area contributed by atoms with Crippen LogP contribution >= 0.6 is 24.8 Å². The van der Waals surface area contributed by atoms with E-state index in [1.165, 1.54) is 11.1 Å². The summed E-state index contributed by atoms with van der Waals surface area (Å²) in [6.07, 6.45) is 0. The molecule has 1 heterocycles. The number of hydrogen-bond donors (Lipinski definition) is 3. The van der Waals surface area contributed by atoms with Crippen LogP contribution in [0.4, 0.5) is 5.69 Å². The Morgan fingerprint density at radius 1 is 1.00 bits per heavy atom. The number of rotatable bonds is 4. The number of ether oxygens (including phenoxy) is 1. The van der Waals surface area contributed by atoms with Crippen molar-refractivity contribution in [2.75, 3.05) is 5.32 Å². The van der Waals surface area contributed by atoms with Crippen molar-refractivity contribution in [2.24, 2.45) is 5.73 Å². The van der Waals surface area contributed by atoms with E-state index in [0.717, 1.165) is 24.5 Å². The van der Waals surface area contributed by atoms with Gasteiger partial charge in [0.15, 0.2) is 5.75 Å². The van der Waals surface area contributed by atoms with E-state index in [1.807, 2.05) is 19.1 Å². The highest BCUT2D eigenvalue weighted by atomic mass is 35.5. The van der Waals surface area contributed by atoms with Gasteiger partial charge in [0.25, 0.3) is 0 Å². The van der Waals surface area contributed by atoms with Crippen LogP contribution in [0.25, 0.3) is 0 Å². The minimum absolute atomic E-state index is 0. The molecule has 4 N–H and O–H groups in total. The molecule has 0 unspecified atom stereocenters. The van der Waals surface area contributed by atoms with Gasteiger partial charge >= 0.3 is 0 Å². The lowest BCUT2D eigenvalue weighted by molar-refractivity contribution is 0.415. The summed E-state index contributed by atoms with van der Waals surface area (Å²) < 4.78 is 5.64. The molecule has 1 aliphatic heterocycles. The van der Waals surface area contributed by atoms with Crippen molar-refractivity contribution in [2.45, 2.75) is 20.0 Å². The summed E-state index contributed by atoms with van der Waals surface area (Å²) in [5, 5.41) is 6.60. The van der Waals surface area contributed by atoms with Crippen LogP contribution in [0.3, 0.4) is 0 Å². The molecule has 0 saturated carbocycles. The third-order valence-electron chi connectivity index (χ3n) is 3.46. The number of nitrogens with two attached hydrogens (primary N) is 1. The highest BCUT2D eigenvalue weighted by molar-refractivity contribution is 5.85. The molecule has 23 heavy (non-hydrogen) atoms. The zero-order chi connectivity index (χ0) is 14.7. The molecule has 0 radical (unpaired) electrons. The first-order valence-corrected chi connectivity index (χ1v) is 7.01. The summed E-state index contributed by atoms with van der Waals surface area (Å²) in [5.41, 5.74) is 9.23. The van der Waals surface area contributed by atoms with Gasteiger partial charge in [-0.1, -0.05) is 36.4 Å². The second-order valence-corrected chi connectivity index (χ2v) is 5.12. The number of halogens is 2. The van der Waals surface area contributed by atoms with Gasteiger partial charge in [-0.05, 0) is 30.2 Å². The Morgan fingerprint density at radius 2 is 1.70 bits per heavy atom. The highest BCUT2D eigenvalue weighted by Crippen LogP contribution is 2.31. The molecule has 0 bridgehead atoms. The van der Waals surface area contributed by atoms with Gasteiger partial charge in [0.1, 0.15) is 11.6 Å². The second-order valence-electron chi connectivity index (χ2n) is 5.12. The Bertz CT molecular complexity index is 675. The van der Waals surface area contributed by atoms with Gasteiger partial charge < -0.3 is 21.1 Å². The van der Waals surface area contributed by atoms with Gasteiger partial charge in [0, 0.05) is 13.1 Å². The van der Waals surface area contributed by atoms with Gasteiger partial charge in [0.05, 0.1) is 5.69 Å². The van der Waals surface area contributed by atoms with E-state index in [9.17, 15) is 0 Å². The minimum atomic E-state index is 0. The molecule has 0 aromatic heterocycles. The first-order valence-electron chi connectivity index (χ1n) is 7.01. The summed E-state index contributed by atoms with van der Waals surface area (Å²) in [6.45, 7) is 3.50. The van der Waals surface area contributed by atoms with Gasteiger partial charge in [-0.2, -0.15) is 0 Å². The lowest BCUT2D eigenvalue weighted by atomic mass is 10.1. The summed E-state index contributed by atoms with van der Waals surface area (Å²) >= 11 is 0. The Balaban J connectivity index is 0.00000132. The number of anilines is 1. The molecule has 0 aliphatic carbocycles. The number of nitrogens with one attached hydrogen (secondary N) is 2. The van der Waals surface area contributed by atoms with Crippen LogP contribution in [0.2, 0.25) is 0 Å². The van der Waals surface area contributed by atoms with E-state index in [0.29, 0.717) is 11.6 Å².